The van der Waals surface area contributed by atoms with Crippen molar-refractivity contribution < 1.29 is 18.7 Å². The van der Waals surface area contributed by atoms with Gasteiger partial charge in [0.25, 0.3) is 5.91 Å². The van der Waals surface area contributed by atoms with Gasteiger partial charge in [-0.15, -0.1) is 11.3 Å². The van der Waals surface area contributed by atoms with E-state index in [0.29, 0.717) is 55.9 Å². The number of likely N-dealkylation sites (tertiary alicyclic amines) is 1. The molecule has 0 radical (unpaired) electrons. The lowest BCUT2D eigenvalue weighted by Crippen LogP contribution is -2.49. The molecule has 0 spiro atoms. The molecule has 154 valence electrons. The number of morpholine rings is 1. The van der Waals surface area contributed by atoms with Gasteiger partial charge >= 0.3 is 0 Å². The van der Waals surface area contributed by atoms with Crippen molar-refractivity contribution in [2.45, 2.75) is 12.8 Å². The average Bonchev–Trinajstić information content (AvgIpc) is 3.23. The first-order valence-electron chi connectivity index (χ1n) is 9.74. The van der Waals surface area contributed by atoms with Gasteiger partial charge in [-0.25, -0.2) is 9.37 Å². The molecule has 7 nitrogen and oxygen atoms in total. The standard InChI is InChI=1S/C20H23FN4O3S/c21-15-3-5-16(6-4-15)22-20-23-17(13-29-20)19(27)25-7-1-2-14(12-25)18(26)24-8-10-28-11-9-24/h3-6,13-14H,1-2,7-12H2,(H,22,23). The van der Waals surface area contributed by atoms with Crippen LogP contribution >= 0.6 is 11.3 Å². The third-order valence-corrected chi connectivity index (χ3v) is 5.96. The second-order valence-corrected chi connectivity index (χ2v) is 8.06. The third kappa shape index (κ3) is 4.73. The lowest BCUT2D eigenvalue weighted by molar-refractivity contribution is -0.141. The Morgan fingerprint density at radius 1 is 1.14 bits per heavy atom. The predicted octanol–water partition coefficient (Wildman–Crippen LogP) is 2.74. The minimum absolute atomic E-state index is 0.114. The van der Waals surface area contributed by atoms with E-state index in [1.165, 1.54) is 23.5 Å². The number of nitrogens with one attached hydrogen (secondary N) is 1. The molecule has 0 aliphatic carbocycles. The van der Waals surface area contributed by atoms with Crippen LogP contribution < -0.4 is 5.32 Å². The number of hydrogen-bond donors (Lipinski definition) is 1. The van der Waals surface area contributed by atoms with Gasteiger partial charge < -0.3 is 19.9 Å². The highest BCUT2D eigenvalue weighted by Crippen LogP contribution is 2.25. The van der Waals surface area contributed by atoms with Crippen LogP contribution in [0.15, 0.2) is 29.6 Å². The lowest BCUT2D eigenvalue weighted by atomic mass is 9.96. The van der Waals surface area contributed by atoms with Gasteiger partial charge in [-0.3, -0.25) is 9.59 Å². The normalized spacial score (nSPS) is 19.8. The summed E-state index contributed by atoms with van der Waals surface area (Å²) in [6.07, 6.45) is 1.60. The summed E-state index contributed by atoms with van der Waals surface area (Å²) in [5.74, 6) is -0.520. The van der Waals surface area contributed by atoms with E-state index in [-0.39, 0.29) is 23.5 Å². The SMILES string of the molecule is O=C(c1csc(Nc2ccc(F)cc2)n1)N1CCCC(C(=O)N2CCOCC2)C1. The molecular formula is C20H23FN4O3S. The van der Waals surface area contributed by atoms with E-state index >= 15 is 0 Å². The monoisotopic (exact) mass is 418 g/mol. The number of thiazole rings is 1. The van der Waals surface area contributed by atoms with Crippen LogP contribution in [0.1, 0.15) is 23.3 Å². The van der Waals surface area contributed by atoms with E-state index in [4.69, 9.17) is 4.74 Å². The zero-order valence-electron chi connectivity index (χ0n) is 16.0. The molecule has 1 aromatic heterocycles. The van der Waals surface area contributed by atoms with Gasteiger partial charge in [0, 0.05) is 37.2 Å². The van der Waals surface area contributed by atoms with Crippen LogP contribution in [0.3, 0.4) is 0 Å². The summed E-state index contributed by atoms with van der Waals surface area (Å²) in [6.45, 7) is 3.44. The topological polar surface area (TPSA) is 74.8 Å². The number of halogens is 1. The Labute approximate surface area is 172 Å². The van der Waals surface area contributed by atoms with Crippen LogP contribution in [0.25, 0.3) is 0 Å². The molecule has 3 heterocycles. The Morgan fingerprint density at radius 3 is 2.66 bits per heavy atom. The number of ether oxygens (including phenoxy) is 1. The molecule has 1 N–H and O–H groups in total. The van der Waals surface area contributed by atoms with E-state index in [1.807, 2.05) is 4.90 Å². The van der Waals surface area contributed by atoms with Crippen LogP contribution in [-0.2, 0) is 9.53 Å². The van der Waals surface area contributed by atoms with E-state index in [9.17, 15) is 14.0 Å². The fourth-order valence-electron chi connectivity index (χ4n) is 3.65. The first-order chi connectivity index (χ1) is 14.1. The minimum atomic E-state index is -0.308. The van der Waals surface area contributed by atoms with Crippen molar-refractivity contribution in [1.29, 1.82) is 0 Å². The first-order valence-corrected chi connectivity index (χ1v) is 10.6. The van der Waals surface area contributed by atoms with Crippen LogP contribution in [-0.4, -0.2) is 66.0 Å². The van der Waals surface area contributed by atoms with Crippen molar-refractivity contribution in [3.05, 3.63) is 41.2 Å². The highest BCUT2D eigenvalue weighted by atomic mass is 32.1. The molecule has 9 heteroatoms. The molecule has 2 aliphatic heterocycles. The van der Waals surface area contributed by atoms with Gasteiger partial charge in [-0.2, -0.15) is 0 Å². The van der Waals surface area contributed by atoms with Crippen molar-refractivity contribution in [3.63, 3.8) is 0 Å². The molecule has 1 unspecified atom stereocenters. The van der Waals surface area contributed by atoms with Crippen LogP contribution in [0.2, 0.25) is 0 Å². The maximum atomic E-state index is 13.0. The Hall–Kier alpha value is -2.52. The summed E-state index contributed by atoms with van der Waals surface area (Å²) >= 11 is 1.32. The van der Waals surface area contributed by atoms with Crippen LogP contribution in [0.5, 0.6) is 0 Å². The van der Waals surface area contributed by atoms with E-state index in [0.717, 1.165) is 12.8 Å². The molecular weight excluding hydrogens is 395 g/mol. The number of benzene rings is 1. The fraction of sp³-hybridized carbons (Fsp3) is 0.450. The van der Waals surface area contributed by atoms with Gasteiger partial charge in [-0.1, -0.05) is 0 Å². The largest absolute Gasteiger partial charge is 0.378 e. The smallest absolute Gasteiger partial charge is 0.273 e. The summed E-state index contributed by atoms with van der Waals surface area (Å²) in [5, 5.41) is 5.35. The molecule has 2 amide bonds. The van der Waals surface area contributed by atoms with Gasteiger partial charge in [0.05, 0.1) is 19.1 Å². The summed E-state index contributed by atoms with van der Waals surface area (Å²) in [4.78, 5) is 33.6. The highest BCUT2D eigenvalue weighted by molar-refractivity contribution is 7.14. The van der Waals surface area contributed by atoms with Crippen molar-refractivity contribution >= 4 is 34.0 Å². The van der Waals surface area contributed by atoms with Gasteiger partial charge in [0.1, 0.15) is 11.5 Å². The number of carbonyl (C=O) groups excluding carboxylic acids is 2. The molecule has 1 aromatic carbocycles. The van der Waals surface area contributed by atoms with Gasteiger partial charge in [-0.05, 0) is 37.1 Å². The van der Waals surface area contributed by atoms with Gasteiger partial charge in [0.15, 0.2) is 5.13 Å². The van der Waals surface area contributed by atoms with Crippen LogP contribution in [0, 0.1) is 11.7 Å². The van der Waals surface area contributed by atoms with Crippen molar-refractivity contribution in [2.24, 2.45) is 5.92 Å². The minimum Gasteiger partial charge on any atom is -0.378 e. The zero-order valence-corrected chi connectivity index (χ0v) is 16.8. The summed E-state index contributed by atoms with van der Waals surface area (Å²) < 4.78 is 18.3. The quantitative estimate of drug-likeness (QED) is 0.827. The lowest BCUT2D eigenvalue weighted by Gasteiger charge is -2.36. The summed E-state index contributed by atoms with van der Waals surface area (Å²) in [7, 11) is 0. The van der Waals surface area contributed by atoms with E-state index in [2.05, 4.69) is 10.3 Å². The Bertz CT molecular complexity index is 867. The Balaban J connectivity index is 1.38. The zero-order chi connectivity index (χ0) is 20.2. The number of carbonyl (C=O) groups is 2. The number of anilines is 2. The molecule has 0 bridgehead atoms. The Kier molecular flexibility index (Phi) is 6.05. The van der Waals surface area contributed by atoms with Gasteiger partial charge in [0.2, 0.25) is 5.91 Å². The molecule has 2 fully saturated rings. The molecule has 2 aliphatic rings. The van der Waals surface area contributed by atoms with Crippen molar-refractivity contribution in [3.8, 4) is 0 Å². The van der Waals surface area contributed by atoms with Crippen LogP contribution in [0.4, 0.5) is 15.2 Å². The highest BCUT2D eigenvalue weighted by Gasteiger charge is 2.32. The average molecular weight is 418 g/mol. The third-order valence-electron chi connectivity index (χ3n) is 5.20. The number of aromatic nitrogens is 1. The second-order valence-electron chi connectivity index (χ2n) is 7.20. The second kappa shape index (κ2) is 8.87. The summed E-state index contributed by atoms with van der Waals surface area (Å²) in [6, 6.07) is 5.96. The number of hydrogen-bond acceptors (Lipinski definition) is 6. The molecule has 2 aromatic rings. The number of rotatable bonds is 4. The molecule has 29 heavy (non-hydrogen) atoms. The van der Waals surface area contributed by atoms with E-state index < -0.39 is 0 Å². The predicted molar refractivity (Wildman–Crippen MR) is 108 cm³/mol. The summed E-state index contributed by atoms with van der Waals surface area (Å²) in [5.41, 5.74) is 1.06. The molecule has 1 atom stereocenters. The molecule has 4 rings (SSSR count). The maximum Gasteiger partial charge on any atom is 0.273 e. The Morgan fingerprint density at radius 2 is 1.90 bits per heavy atom. The molecule has 2 saturated heterocycles. The first kappa shape index (κ1) is 19.8. The number of nitrogens with zero attached hydrogens (tertiary/aromatic N) is 3. The van der Waals surface area contributed by atoms with E-state index in [1.54, 1.807) is 22.4 Å². The molecule has 0 saturated carbocycles. The maximum absolute atomic E-state index is 13.0. The van der Waals surface area contributed by atoms with Crippen molar-refractivity contribution in [2.75, 3.05) is 44.7 Å². The number of piperidine rings is 1. The number of amides is 2. The van der Waals surface area contributed by atoms with Crippen molar-refractivity contribution in [1.82, 2.24) is 14.8 Å². The fourth-order valence-corrected chi connectivity index (χ4v) is 4.36.